The van der Waals surface area contributed by atoms with Crippen LogP contribution in [-0.2, 0) is 19.1 Å². The SMILES string of the molecule is NCCc1nnn(CCC2CC2)c1C(F)(F)F. The Hall–Kier alpha value is -1.11. The third-order valence-corrected chi connectivity index (χ3v) is 2.90. The number of hydrogen-bond donors (Lipinski definition) is 1. The Balaban J connectivity index is 2.17. The number of aryl methyl sites for hydroxylation is 1. The van der Waals surface area contributed by atoms with Crippen molar-refractivity contribution in [3.8, 4) is 0 Å². The molecule has 7 heteroatoms. The first kappa shape index (κ1) is 12.3. The van der Waals surface area contributed by atoms with Gasteiger partial charge in [-0.25, -0.2) is 4.68 Å². The molecule has 0 spiro atoms. The molecule has 0 unspecified atom stereocenters. The fraction of sp³-hybridized carbons (Fsp3) is 0.800. The molecule has 0 radical (unpaired) electrons. The van der Waals surface area contributed by atoms with Crippen LogP contribution in [0.2, 0.25) is 0 Å². The molecular formula is C10H15F3N4. The molecule has 0 amide bonds. The Morgan fingerprint density at radius 1 is 1.35 bits per heavy atom. The van der Waals surface area contributed by atoms with E-state index < -0.39 is 11.9 Å². The molecule has 0 bridgehead atoms. The number of alkyl halides is 3. The molecule has 2 rings (SSSR count). The Morgan fingerprint density at radius 2 is 2.06 bits per heavy atom. The number of halogens is 3. The van der Waals surface area contributed by atoms with E-state index in [0.717, 1.165) is 23.9 Å². The van der Waals surface area contributed by atoms with E-state index in [-0.39, 0.29) is 25.2 Å². The molecule has 1 aromatic rings. The first-order valence-corrected chi connectivity index (χ1v) is 5.72. The van der Waals surface area contributed by atoms with Gasteiger partial charge >= 0.3 is 6.18 Å². The Morgan fingerprint density at radius 3 is 2.59 bits per heavy atom. The van der Waals surface area contributed by atoms with Gasteiger partial charge in [-0.15, -0.1) is 5.10 Å². The molecule has 17 heavy (non-hydrogen) atoms. The smallest absolute Gasteiger partial charge is 0.330 e. The standard InChI is InChI=1S/C10H15F3N4/c11-10(12,13)9-8(3-5-14)15-16-17(9)6-4-7-1-2-7/h7H,1-6,14H2. The van der Waals surface area contributed by atoms with Crippen LogP contribution >= 0.6 is 0 Å². The third-order valence-electron chi connectivity index (χ3n) is 2.90. The van der Waals surface area contributed by atoms with Crippen LogP contribution in [0.1, 0.15) is 30.7 Å². The van der Waals surface area contributed by atoms with E-state index in [4.69, 9.17) is 5.73 Å². The van der Waals surface area contributed by atoms with Crippen molar-refractivity contribution >= 4 is 0 Å². The molecule has 0 atom stereocenters. The molecule has 1 aromatic heterocycles. The number of hydrogen-bond acceptors (Lipinski definition) is 3. The van der Waals surface area contributed by atoms with Crippen LogP contribution in [0.15, 0.2) is 0 Å². The second-order valence-corrected chi connectivity index (χ2v) is 4.38. The Labute approximate surface area is 97.0 Å². The molecule has 1 heterocycles. The molecule has 96 valence electrons. The van der Waals surface area contributed by atoms with Crippen LogP contribution < -0.4 is 5.73 Å². The van der Waals surface area contributed by atoms with Gasteiger partial charge in [-0.05, 0) is 18.9 Å². The number of nitrogens with zero attached hydrogens (tertiary/aromatic N) is 3. The van der Waals surface area contributed by atoms with Gasteiger partial charge in [0.05, 0.1) is 5.69 Å². The summed E-state index contributed by atoms with van der Waals surface area (Å²) in [4.78, 5) is 0. The average molecular weight is 248 g/mol. The molecule has 4 nitrogen and oxygen atoms in total. The van der Waals surface area contributed by atoms with Gasteiger partial charge < -0.3 is 5.73 Å². The highest BCUT2D eigenvalue weighted by Gasteiger charge is 2.39. The first-order chi connectivity index (χ1) is 8.02. The summed E-state index contributed by atoms with van der Waals surface area (Å²) in [5, 5.41) is 7.18. The van der Waals surface area contributed by atoms with Gasteiger partial charge in [-0.2, -0.15) is 13.2 Å². The molecular weight excluding hydrogens is 233 g/mol. The molecule has 1 aliphatic rings. The number of rotatable bonds is 5. The monoisotopic (exact) mass is 248 g/mol. The average Bonchev–Trinajstić information content (AvgIpc) is 2.96. The van der Waals surface area contributed by atoms with E-state index in [0.29, 0.717) is 5.92 Å². The van der Waals surface area contributed by atoms with Crippen LogP contribution in [-0.4, -0.2) is 21.5 Å². The van der Waals surface area contributed by atoms with Crippen molar-refractivity contribution in [2.24, 2.45) is 11.7 Å². The minimum Gasteiger partial charge on any atom is -0.330 e. The topological polar surface area (TPSA) is 56.7 Å². The summed E-state index contributed by atoms with van der Waals surface area (Å²) in [6, 6.07) is 0. The first-order valence-electron chi connectivity index (χ1n) is 5.72. The molecule has 2 N–H and O–H groups in total. The summed E-state index contributed by atoms with van der Waals surface area (Å²) in [5.41, 5.74) is 4.49. The predicted molar refractivity (Wildman–Crippen MR) is 55.1 cm³/mol. The largest absolute Gasteiger partial charge is 0.434 e. The zero-order chi connectivity index (χ0) is 12.5. The summed E-state index contributed by atoms with van der Waals surface area (Å²) in [6.07, 6.45) is -1.32. The van der Waals surface area contributed by atoms with Crippen LogP contribution in [0.3, 0.4) is 0 Å². The lowest BCUT2D eigenvalue weighted by Gasteiger charge is -2.10. The van der Waals surface area contributed by atoms with E-state index in [9.17, 15) is 13.2 Å². The quantitative estimate of drug-likeness (QED) is 0.861. The van der Waals surface area contributed by atoms with Crippen LogP contribution in [0.25, 0.3) is 0 Å². The lowest BCUT2D eigenvalue weighted by atomic mass is 10.2. The fourth-order valence-corrected chi connectivity index (χ4v) is 1.83. The molecule has 0 aromatic carbocycles. The summed E-state index contributed by atoms with van der Waals surface area (Å²) in [5.74, 6) is 0.568. The zero-order valence-corrected chi connectivity index (χ0v) is 9.37. The van der Waals surface area contributed by atoms with Crippen molar-refractivity contribution in [3.05, 3.63) is 11.4 Å². The summed E-state index contributed by atoms with van der Waals surface area (Å²) in [6.45, 7) is 0.432. The highest BCUT2D eigenvalue weighted by Crippen LogP contribution is 2.35. The number of aromatic nitrogens is 3. The maximum atomic E-state index is 12.9. The molecule has 0 saturated heterocycles. The maximum Gasteiger partial charge on any atom is 0.434 e. The van der Waals surface area contributed by atoms with Crippen molar-refractivity contribution in [1.82, 2.24) is 15.0 Å². The maximum absolute atomic E-state index is 12.9. The van der Waals surface area contributed by atoms with Gasteiger partial charge in [0, 0.05) is 13.0 Å². The van der Waals surface area contributed by atoms with Gasteiger partial charge in [-0.1, -0.05) is 18.1 Å². The van der Waals surface area contributed by atoms with Crippen molar-refractivity contribution in [2.45, 2.75) is 38.4 Å². The highest BCUT2D eigenvalue weighted by atomic mass is 19.4. The summed E-state index contributed by atoms with van der Waals surface area (Å²) < 4.78 is 39.6. The van der Waals surface area contributed by atoms with E-state index >= 15 is 0 Å². The van der Waals surface area contributed by atoms with Crippen LogP contribution in [0.4, 0.5) is 13.2 Å². The molecule has 1 saturated carbocycles. The fourth-order valence-electron chi connectivity index (χ4n) is 1.83. The second-order valence-electron chi connectivity index (χ2n) is 4.38. The van der Waals surface area contributed by atoms with Crippen molar-refractivity contribution in [3.63, 3.8) is 0 Å². The van der Waals surface area contributed by atoms with Crippen molar-refractivity contribution in [1.29, 1.82) is 0 Å². The normalized spacial score (nSPS) is 16.5. The van der Waals surface area contributed by atoms with E-state index in [1.54, 1.807) is 0 Å². The van der Waals surface area contributed by atoms with E-state index in [1.807, 2.05) is 0 Å². The molecule has 1 fully saturated rings. The van der Waals surface area contributed by atoms with Gasteiger partial charge in [0.15, 0.2) is 5.69 Å². The third kappa shape index (κ3) is 2.96. The lowest BCUT2D eigenvalue weighted by Crippen LogP contribution is -2.18. The van der Waals surface area contributed by atoms with Gasteiger partial charge in [0.1, 0.15) is 0 Å². The minimum atomic E-state index is -4.41. The number of nitrogens with two attached hydrogens (primary N) is 1. The van der Waals surface area contributed by atoms with Gasteiger partial charge in [-0.3, -0.25) is 0 Å². The Bertz CT molecular complexity index is 381. The second kappa shape index (κ2) is 4.64. The zero-order valence-electron chi connectivity index (χ0n) is 9.37. The van der Waals surface area contributed by atoms with Crippen molar-refractivity contribution in [2.75, 3.05) is 6.54 Å². The summed E-state index contributed by atoms with van der Waals surface area (Å²) >= 11 is 0. The minimum absolute atomic E-state index is 0.0456. The summed E-state index contributed by atoms with van der Waals surface area (Å²) in [7, 11) is 0. The van der Waals surface area contributed by atoms with E-state index in [1.165, 1.54) is 0 Å². The van der Waals surface area contributed by atoms with Crippen LogP contribution in [0.5, 0.6) is 0 Å². The predicted octanol–water partition coefficient (Wildman–Crippen LogP) is 1.60. The van der Waals surface area contributed by atoms with E-state index in [2.05, 4.69) is 10.3 Å². The van der Waals surface area contributed by atoms with Gasteiger partial charge in [0.25, 0.3) is 0 Å². The molecule has 1 aliphatic carbocycles. The van der Waals surface area contributed by atoms with Crippen LogP contribution in [0, 0.1) is 5.92 Å². The van der Waals surface area contributed by atoms with Crippen molar-refractivity contribution < 1.29 is 13.2 Å². The Kier molecular flexibility index (Phi) is 3.37. The van der Waals surface area contributed by atoms with Gasteiger partial charge in [0.2, 0.25) is 0 Å². The molecule has 0 aliphatic heterocycles. The highest BCUT2D eigenvalue weighted by molar-refractivity contribution is 5.14. The lowest BCUT2D eigenvalue weighted by molar-refractivity contribution is -0.144.